The smallest absolute Gasteiger partial charge is 0.329 e. The van der Waals surface area contributed by atoms with Gasteiger partial charge in [-0.3, -0.25) is 14.4 Å². The first-order chi connectivity index (χ1) is 14.1. The minimum Gasteiger partial charge on any atom is -0.462 e. The second-order valence-electron chi connectivity index (χ2n) is 7.51. The van der Waals surface area contributed by atoms with E-state index in [-0.39, 0.29) is 5.57 Å². The van der Waals surface area contributed by atoms with Crippen LogP contribution in [0.25, 0.3) is 0 Å². The quantitative estimate of drug-likeness (QED) is 0.678. The molecular formula is C21H21ClN4O4. The van der Waals surface area contributed by atoms with Gasteiger partial charge in [-0.1, -0.05) is 29.8 Å². The lowest BCUT2D eigenvalue weighted by molar-refractivity contribution is -0.157. The zero-order valence-corrected chi connectivity index (χ0v) is 17.2. The number of hydrogen-bond donors (Lipinski definition) is 2. The van der Waals surface area contributed by atoms with Gasteiger partial charge in [-0.25, -0.2) is 0 Å². The van der Waals surface area contributed by atoms with Crippen LogP contribution < -0.4 is 11.5 Å². The van der Waals surface area contributed by atoms with Gasteiger partial charge in [0, 0.05) is 17.1 Å². The van der Waals surface area contributed by atoms with Gasteiger partial charge in [0.1, 0.15) is 6.04 Å². The molecule has 0 aliphatic carbocycles. The van der Waals surface area contributed by atoms with Gasteiger partial charge in [0.05, 0.1) is 23.8 Å². The molecular weight excluding hydrogens is 408 g/mol. The summed E-state index contributed by atoms with van der Waals surface area (Å²) < 4.78 is 5.44. The average Bonchev–Trinajstić information content (AvgIpc) is 2.98. The van der Waals surface area contributed by atoms with Gasteiger partial charge in [-0.2, -0.15) is 5.26 Å². The number of fused-ring (bicyclic) bond motifs is 1. The third kappa shape index (κ3) is 3.31. The molecule has 4 atom stereocenters. The monoisotopic (exact) mass is 428 g/mol. The number of carbonyl (C=O) groups is 3. The first-order valence-electron chi connectivity index (χ1n) is 9.27. The summed E-state index contributed by atoms with van der Waals surface area (Å²) in [4.78, 5) is 39.0. The highest BCUT2D eigenvalue weighted by Gasteiger charge is 2.66. The van der Waals surface area contributed by atoms with Crippen LogP contribution in [-0.4, -0.2) is 40.9 Å². The Hall–Kier alpha value is -3.31. The van der Waals surface area contributed by atoms with Crippen molar-refractivity contribution < 1.29 is 19.1 Å². The molecule has 1 aromatic rings. The maximum Gasteiger partial charge on any atom is 0.329 e. The van der Waals surface area contributed by atoms with Gasteiger partial charge in [0.25, 0.3) is 0 Å². The molecule has 3 rings (SSSR count). The Bertz CT molecular complexity index is 995. The molecule has 0 spiro atoms. The predicted molar refractivity (Wildman–Crippen MR) is 108 cm³/mol. The van der Waals surface area contributed by atoms with Crippen LogP contribution in [0.5, 0.6) is 0 Å². The Labute approximate surface area is 178 Å². The zero-order valence-electron chi connectivity index (χ0n) is 16.4. The van der Waals surface area contributed by atoms with Crippen LogP contribution in [-0.2, 0) is 19.1 Å². The molecule has 1 fully saturated rings. The molecule has 0 bridgehead atoms. The molecule has 2 heterocycles. The van der Waals surface area contributed by atoms with E-state index in [4.69, 9.17) is 27.8 Å². The number of nitrogens with zero attached hydrogens (tertiary/aromatic N) is 2. The second-order valence-corrected chi connectivity index (χ2v) is 7.95. The molecule has 2 aliphatic heterocycles. The topological polar surface area (TPSA) is 140 Å². The van der Waals surface area contributed by atoms with Gasteiger partial charge in [0.2, 0.25) is 11.8 Å². The molecule has 9 heteroatoms. The summed E-state index contributed by atoms with van der Waals surface area (Å²) in [6.45, 7) is 3.33. The Balaban J connectivity index is 2.28. The summed E-state index contributed by atoms with van der Waals surface area (Å²) >= 11 is 6.00. The van der Waals surface area contributed by atoms with Crippen LogP contribution in [0, 0.1) is 16.7 Å². The van der Waals surface area contributed by atoms with Gasteiger partial charge < -0.3 is 21.1 Å². The Morgan fingerprint density at radius 2 is 1.87 bits per heavy atom. The summed E-state index contributed by atoms with van der Waals surface area (Å²) in [5.74, 6) is -3.22. The number of nitriles is 1. The van der Waals surface area contributed by atoms with E-state index >= 15 is 0 Å². The van der Waals surface area contributed by atoms with Crippen molar-refractivity contribution in [3.05, 3.63) is 58.8 Å². The number of benzene rings is 1. The SMILES string of the molecule is CC(C)OC(=O)[C@]1(C#N)[C@@H](c2ccc(Cl)cc2)[C@@H](C(N)=O)N2C=C(C(N)=O)C=C[C@@H]21. The van der Waals surface area contributed by atoms with Gasteiger partial charge >= 0.3 is 5.97 Å². The second kappa shape index (κ2) is 7.84. The third-order valence-corrected chi connectivity index (χ3v) is 5.58. The van der Waals surface area contributed by atoms with Crippen LogP contribution in [0.1, 0.15) is 25.3 Å². The lowest BCUT2D eigenvalue weighted by Crippen LogP contribution is -2.46. The predicted octanol–water partition coefficient (Wildman–Crippen LogP) is 1.36. The van der Waals surface area contributed by atoms with Crippen molar-refractivity contribution in [1.29, 1.82) is 5.26 Å². The van der Waals surface area contributed by atoms with Crippen molar-refractivity contribution >= 4 is 29.4 Å². The van der Waals surface area contributed by atoms with Crippen molar-refractivity contribution in [3.63, 3.8) is 0 Å². The fraction of sp³-hybridized carbons (Fsp3) is 0.333. The molecule has 0 aromatic heterocycles. The highest BCUT2D eigenvalue weighted by Crippen LogP contribution is 2.53. The van der Waals surface area contributed by atoms with Crippen molar-refractivity contribution in [2.75, 3.05) is 0 Å². The fourth-order valence-electron chi connectivity index (χ4n) is 4.14. The highest BCUT2D eigenvalue weighted by atomic mass is 35.5. The normalized spacial score (nSPS) is 27.2. The molecule has 0 radical (unpaired) electrons. The Morgan fingerprint density at radius 1 is 1.23 bits per heavy atom. The summed E-state index contributed by atoms with van der Waals surface area (Å²) in [6.07, 6.45) is 3.82. The number of hydrogen-bond acceptors (Lipinski definition) is 6. The Morgan fingerprint density at radius 3 is 2.37 bits per heavy atom. The van der Waals surface area contributed by atoms with E-state index in [0.29, 0.717) is 10.6 Å². The lowest BCUT2D eigenvalue weighted by atomic mass is 9.68. The molecule has 4 N–H and O–H groups in total. The number of rotatable bonds is 5. The first-order valence-corrected chi connectivity index (χ1v) is 9.65. The summed E-state index contributed by atoms with van der Waals surface area (Å²) in [5.41, 5.74) is 9.95. The molecule has 2 aliphatic rings. The van der Waals surface area contributed by atoms with Crippen LogP contribution in [0.2, 0.25) is 5.02 Å². The average molecular weight is 429 g/mol. The van der Waals surface area contributed by atoms with Crippen LogP contribution in [0.15, 0.2) is 48.2 Å². The van der Waals surface area contributed by atoms with Crippen molar-refractivity contribution in [2.45, 2.75) is 38.0 Å². The maximum absolute atomic E-state index is 13.3. The third-order valence-electron chi connectivity index (χ3n) is 5.33. The summed E-state index contributed by atoms with van der Waals surface area (Å²) in [5, 5.41) is 10.7. The summed E-state index contributed by atoms with van der Waals surface area (Å²) in [7, 11) is 0. The minimum atomic E-state index is -1.80. The van der Waals surface area contributed by atoms with Gasteiger partial charge in [-0.15, -0.1) is 0 Å². The minimum absolute atomic E-state index is 0.123. The van der Waals surface area contributed by atoms with E-state index in [9.17, 15) is 19.6 Å². The van der Waals surface area contributed by atoms with Gasteiger partial charge in [-0.05, 0) is 37.6 Å². The highest BCUT2D eigenvalue weighted by molar-refractivity contribution is 6.30. The molecule has 0 unspecified atom stereocenters. The zero-order chi connectivity index (χ0) is 22.2. The first kappa shape index (κ1) is 21.4. The number of carbonyl (C=O) groups excluding carboxylic acids is 3. The van der Waals surface area contributed by atoms with E-state index in [0.717, 1.165) is 0 Å². The van der Waals surface area contributed by atoms with Crippen LogP contribution >= 0.6 is 11.6 Å². The molecule has 156 valence electrons. The molecule has 30 heavy (non-hydrogen) atoms. The van der Waals surface area contributed by atoms with Gasteiger partial charge in [0.15, 0.2) is 5.41 Å². The van der Waals surface area contributed by atoms with E-state index in [1.807, 2.05) is 0 Å². The Kier molecular flexibility index (Phi) is 5.59. The number of esters is 1. The molecule has 8 nitrogen and oxygen atoms in total. The standard InChI is InChI=1S/C21H21ClN4O4/c1-11(2)30-20(29)21(10-23)15-8-5-13(18(24)27)9-26(15)17(19(25)28)16(21)12-3-6-14(22)7-4-12/h3-9,11,15-17H,1-2H3,(H2,24,27)(H2,25,28)/t15-,16+,17+,21+/m1/s1. The van der Waals surface area contributed by atoms with Crippen LogP contribution in [0.3, 0.4) is 0 Å². The number of halogens is 1. The molecule has 0 saturated carbocycles. The molecule has 1 saturated heterocycles. The number of ether oxygens (including phenoxy) is 1. The van der Waals surface area contributed by atoms with Crippen LogP contribution in [0.4, 0.5) is 0 Å². The van der Waals surface area contributed by atoms with Crippen molar-refractivity contribution in [3.8, 4) is 6.07 Å². The van der Waals surface area contributed by atoms with E-state index < -0.39 is 47.3 Å². The molecule has 1 aromatic carbocycles. The van der Waals surface area contributed by atoms with Crippen molar-refractivity contribution in [1.82, 2.24) is 4.90 Å². The maximum atomic E-state index is 13.3. The fourth-order valence-corrected chi connectivity index (χ4v) is 4.26. The lowest BCUT2D eigenvalue weighted by Gasteiger charge is -2.33. The van der Waals surface area contributed by atoms with Crippen molar-refractivity contribution in [2.24, 2.45) is 16.9 Å². The molecule has 2 amide bonds. The van der Waals surface area contributed by atoms with E-state index in [1.54, 1.807) is 38.1 Å². The largest absolute Gasteiger partial charge is 0.462 e. The number of primary amides is 2. The van der Waals surface area contributed by atoms with E-state index in [1.165, 1.54) is 23.3 Å². The summed E-state index contributed by atoms with van der Waals surface area (Å²) in [6, 6.07) is 6.60. The number of amides is 2. The number of nitrogens with two attached hydrogens (primary N) is 2. The van der Waals surface area contributed by atoms with E-state index in [2.05, 4.69) is 6.07 Å².